The molecule has 0 radical (unpaired) electrons. The van der Waals surface area contributed by atoms with Crippen LogP contribution >= 0.6 is 12.4 Å². The normalized spacial score (nSPS) is 16.9. The molecular weight excluding hydrogens is 246 g/mol. The molecule has 0 aliphatic heterocycles. The van der Waals surface area contributed by atoms with Gasteiger partial charge in [-0.1, -0.05) is 32.9 Å². The third-order valence-corrected chi connectivity index (χ3v) is 3.94. The molecule has 0 atom stereocenters. The molecule has 1 fully saturated rings. The molecule has 0 amide bonds. The molecule has 2 N–H and O–H groups in total. The van der Waals surface area contributed by atoms with E-state index in [1.54, 1.807) is 0 Å². The summed E-state index contributed by atoms with van der Waals surface area (Å²) in [5.74, 6) is 0.928. The lowest BCUT2D eigenvalue weighted by atomic mass is 9.82. The number of halogens is 1. The van der Waals surface area contributed by atoms with E-state index in [1.165, 1.54) is 5.56 Å². The van der Waals surface area contributed by atoms with Crippen molar-refractivity contribution >= 4 is 12.4 Å². The van der Waals surface area contributed by atoms with E-state index in [1.807, 2.05) is 0 Å². The number of ether oxygens (including phenoxy) is 1. The van der Waals surface area contributed by atoms with Crippen molar-refractivity contribution in [2.75, 3.05) is 6.61 Å². The lowest BCUT2D eigenvalue weighted by Gasteiger charge is -2.23. The van der Waals surface area contributed by atoms with E-state index < -0.39 is 0 Å². The van der Waals surface area contributed by atoms with E-state index in [2.05, 4.69) is 45.0 Å². The number of hydrogen-bond acceptors (Lipinski definition) is 2. The Morgan fingerprint density at radius 2 is 1.78 bits per heavy atom. The van der Waals surface area contributed by atoms with Gasteiger partial charge in [-0.05, 0) is 42.4 Å². The van der Waals surface area contributed by atoms with Crippen LogP contribution in [0, 0.1) is 0 Å². The lowest BCUT2D eigenvalue weighted by Crippen LogP contribution is -2.29. The molecule has 0 unspecified atom stereocenters. The molecule has 2 rings (SSSR count). The van der Waals surface area contributed by atoms with E-state index in [4.69, 9.17) is 10.5 Å². The fraction of sp³-hybridized carbons (Fsp3) is 0.600. The Kier molecular flexibility index (Phi) is 4.68. The molecule has 1 aromatic carbocycles. The van der Waals surface area contributed by atoms with Crippen LogP contribution in [0.5, 0.6) is 5.75 Å². The first-order valence-corrected chi connectivity index (χ1v) is 6.47. The lowest BCUT2D eigenvalue weighted by molar-refractivity contribution is 0.279. The number of hydrogen-bond donors (Lipinski definition) is 1. The topological polar surface area (TPSA) is 35.2 Å². The fourth-order valence-corrected chi connectivity index (χ4v) is 1.74. The summed E-state index contributed by atoms with van der Waals surface area (Å²) >= 11 is 0. The van der Waals surface area contributed by atoms with Crippen LogP contribution in [0.1, 0.15) is 45.6 Å². The zero-order valence-electron chi connectivity index (χ0n) is 11.5. The monoisotopic (exact) mass is 269 g/mol. The summed E-state index contributed by atoms with van der Waals surface area (Å²) in [4.78, 5) is 0. The van der Waals surface area contributed by atoms with Gasteiger partial charge in [0.1, 0.15) is 12.4 Å². The summed E-state index contributed by atoms with van der Waals surface area (Å²) < 4.78 is 5.71. The van der Waals surface area contributed by atoms with E-state index in [9.17, 15) is 0 Å². The van der Waals surface area contributed by atoms with E-state index in [0.717, 1.165) is 25.0 Å². The average molecular weight is 270 g/mol. The molecule has 1 aliphatic rings. The van der Waals surface area contributed by atoms with Gasteiger partial charge in [0.15, 0.2) is 0 Å². The third kappa shape index (κ3) is 3.63. The molecule has 3 heteroatoms. The van der Waals surface area contributed by atoms with Crippen molar-refractivity contribution in [3.8, 4) is 5.75 Å². The van der Waals surface area contributed by atoms with Crippen LogP contribution in [-0.2, 0) is 5.41 Å². The van der Waals surface area contributed by atoms with Crippen molar-refractivity contribution in [2.24, 2.45) is 5.73 Å². The molecule has 0 spiro atoms. The van der Waals surface area contributed by atoms with Crippen LogP contribution < -0.4 is 10.5 Å². The van der Waals surface area contributed by atoms with E-state index in [-0.39, 0.29) is 23.4 Å². The Labute approximate surface area is 116 Å². The first-order chi connectivity index (χ1) is 7.95. The Morgan fingerprint density at radius 1 is 1.22 bits per heavy atom. The standard InChI is InChI=1S/C15H23NO.ClH/c1-4-14(2,3)12-5-7-13(8-6-12)17-11-15(16)9-10-15;/h5-8H,4,9-11,16H2,1-3H3;1H. The zero-order chi connectivity index (χ0) is 12.5. The first-order valence-electron chi connectivity index (χ1n) is 6.47. The van der Waals surface area contributed by atoms with Gasteiger partial charge < -0.3 is 10.5 Å². The highest BCUT2D eigenvalue weighted by atomic mass is 35.5. The maximum atomic E-state index is 5.99. The van der Waals surface area contributed by atoms with Crippen LogP contribution in [0.4, 0.5) is 0 Å². The van der Waals surface area contributed by atoms with Crippen LogP contribution in [0.3, 0.4) is 0 Å². The Morgan fingerprint density at radius 3 is 2.22 bits per heavy atom. The smallest absolute Gasteiger partial charge is 0.119 e. The van der Waals surface area contributed by atoms with Crippen molar-refractivity contribution < 1.29 is 4.74 Å². The average Bonchev–Trinajstić information content (AvgIpc) is 3.06. The summed E-state index contributed by atoms with van der Waals surface area (Å²) in [5, 5.41) is 0. The Balaban J connectivity index is 0.00000162. The molecule has 102 valence electrons. The summed E-state index contributed by atoms with van der Waals surface area (Å²) in [7, 11) is 0. The van der Waals surface area contributed by atoms with Gasteiger partial charge in [0.25, 0.3) is 0 Å². The maximum absolute atomic E-state index is 5.99. The van der Waals surface area contributed by atoms with Crippen LogP contribution in [-0.4, -0.2) is 12.1 Å². The molecule has 0 bridgehead atoms. The minimum atomic E-state index is -0.0403. The van der Waals surface area contributed by atoms with E-state index in [0.29, 0.717) is 6.61 Å². The molecule has 1 saturated carbocycles. The second-order valence-corrected chi connectivity index (χ2v) is 5.91. The fourth-order valence-electron chi connectivity index (χ4n) is 1.74. The maximum Gasteiger partial charge on any atom is 0.119 e. The highest BCUT2D eigenvalue weighted by Gasteiger charge is 2.39. The Bertz CT molecular complexity index is 382. The second kappa shape index (κ2) is 5.50. The van der Waals surface area contributed by atoms with Gasteiger partial charge in [0.2, 0.25) is 0 Å². The van der Waals surface area contributed by atoms with Crippen molar-refractivity contribution in [1.82, 2.24) is 0 Å². The number of benzene rings is 1. The molecular formula is C15H24ClNO. The van der Waals surface area contributed by atoms with Gasteiger partial charge in [0, 0.05) is 0 Å². The SMILES string of the molecule is CCC(C)(C)c1ccc(OCC2(N)CC2)cc1.Cl. The van der Waals surface area contributed by atoms with Gasteiger partial charge in [0.05, 0.1) is 5.54 Å². The quantitative estimate of drug-likeness (QED) is 0.885. The van der Waals surface area contributed by atoms with E-state index >= 15 is 0 Å². The highest BCUT2D eigenvalue weighted by Crippen LogP contribution is 2.33. The minimum Gasteiger partial charge on any atom is -0.492 e. The van der Waals surface area contributed by atoms with Crippen LogP contribution in [0.2, 0.25) is 0 Å². The predicted octanol–water partition coefficient (Wildman–Crippen LogP) is 3.67. The minimum absolute atomic E-state index is 0. The second-order valence-electron chi connectivity index (χ2n) is 5.91. The van der Waals surface area contributed by atoms with Crippen molar-refractivity contribution in [2.45, 2.75) is 51.0 Å². The number of nitrogens with two attached hydrogens (primary N) is 1. The van der Waals surface area contributed by atoms with Crippen molar-refractivity contribution in [1.29, 1.82) is 0 Å². The zero-order valence-corrected chi connectivity index (χ0v) is 12.3. The molecule has 0 saturated heterocycles. The molecule has 0 aromatic heterocycles. The highest BCUT2D eigenvalue weighted by molar-refractivity contribution is 5.85. The molecule has 1 aliphatic carbocycles. The predicted molar refractivity (Wildman–Crippen MR) is 78.7 cm³/mol. The molecule has 0 heterocycles. The summed E-state index contributed by atoms with van der Waals surface area (Å²) in [6.07, 6.45) is 3.32. The molecule has 1 aromatic rings. The van der Waals surface area contributed by atoms with Gasteiger partial charge in [-0.2, -0.15) is 0 Å². The Hall–Kier alpha value is -0.730. The van der Waals surface area contributed by atoms with Crippen LogP contribution in [0.15, 0.2) is 24.3 Å². The third-order valence-electron chi connectivity index (χ3n) is 3.94. The first kappa shape index (κ1) is 15.3. The summed E-state index contributed by atoms with van der Waals surface area (Å²) in [6, 6.07) is 8.43. The largest absolute Gasteiger partial charge is 0.492 e. The van der Waals surface area contributed by atoms with Gasteiger partial charge in [-0.25, -0.2) is 0 Å². The number of rotatable bonds is 5. The summed E-state index contributed by atoms with van der Waals surface area (Å²) in [6.45, 7) is 7.39. The molecule has 18 heavy (non-hydrogen) atoms. The van der Waals surface area contributed by atoms with Gasteiger partial charge in [-0.15, -0.1) is 12.4 Å². The van der Waals surface area contributed by atoms with Gasteiger partial charge in [-0.3, -0.25) is 0 Å². The van der Waals surface area contributed by atoms with Crippen molar-refractivity contribution in [3.05, 3.63) is 29.8 Å². The van der Waals surface area contributed by atoms with Crippen molar-refractivity contribution in [3.63, 3.8) is 0 Å². The molecule has 2 nitrogen and oxygen atoms in total. The van der Waals surface area contributed by atoms with Crippen LogP contribution in [0.25, 0.3) is 0 Å². The van der Waals surface area contributed by atoms with Gasteiger partial charge >= 0.3 is 0 Å². The summed E-state index contributed by atoms with van der Waals surface area (Å²) in [5.41, 5.74) is 7.55.